The van der Waals surface area contributed by atoms with E-state index < -0.39 is 23.8 Å². The van der Waals surface area contributed by atoms with Crippen molar-refractivity contribution in [2.24, 2.45) is 0 Å². The molecule has 0 unspecified atom stereocenters. The van der Waals surface area contributed by atoms with Crippen molar-refractivity contribution in [2.45, 2.75) is 0 Å². The molecule has 1 aromatic heterocycles. The number of aromatic amines is 1. The average Bonchev–Trinajstić information content (AvgIpc) is 3.14. The van der Waals surface area contributed by atoms with Crippen LogP contribution in [0.5, 0.6) is 0 Å². The quantitative estimate of drug-likeness (QED) is 0.367. The third-order valence-electron chi connectivity index (χ3n) is 3.93. The van der Waals surface area contributed by atoms with E-state index in [2.05, 4.69) is 20.6 Å². The van der Waals surface area contributed by atoms with E-state index in [-0.39, 0.29) is 0 Å². The molecule has 3 aromatic rings. The summed E-state index contributed by atoms with van der Waals surface area (Å²) in [5.41, 5.74) is 3.01. The lowest BCUT2D eigenvalue weighted by Crippen LogP contribution is -2.08. The lowest BCUT2D eigenvalue weighted by molar-refractivity contribution is -0.132. The molecule has 2 amide bonds. The number of carboxylic acid groups (broad SMARTS) is 2. The van der Waals surface area contributed by atoms with E-state index in [1.807, 2.05) is 0 Å². The number of fused-ring (bicyclic) bond motifs is 1. The van der Waals surface area contributed by atoms with Gasteiger partial charge in [-0.1, -0.05) is 0 Å². The SMILES string of the molecule is O=C(O)/C=C/C(=O)Nc1ccc(-c2nc3ccc(NC(=O)/C=C/C(=O)O)cc3[nH]2)cc1. The minimum Gasteiger partial charge on any atom is -0.478 e. The molecule has 0 atom stereocenters. The maximum absolute atomic E-state index is 11.7. The molecule has 1 heterocycles. The fourth-order valence-corrected chi connectivity index (χ4v) is 2.60. The Morgan fingerprint density at radius 1 is 0.774 bits per heavy atom. The summed E-state index contributed by atoms with van der Waals surface area (Å²) in [7, 11) is 0. The molecular formula is C21H16N4O6. The number of H-pyrrole nitrogens is 1. The van der Waals surface area contributed by atoms with Crippen LogP contribution in [0.1, 0.15) is 0 Å². The Bertz CT molecular complexity index is 1220. The Hall–Kier alpha value is -4.73. The predicted octanol–water partition coefficient (Wildman–Crippen LogP) is 2.39. The average molecular weight is 420 g/mol. The first-order valence-electron chi connectivity index (χ1n) is 8.84. The Balaban J connectivity index is 1.73. The Kier molecular flexibility index (Phi) is 6.21. The number of aromatic nitrogens is 2. The topological polar surface area (TPSA) is 161 Å². The number of hydrogen-bond acceptors (Lipinski definition) is 5. The third-order valence-corrected chi connectivity index (χ3v) is 3.93. The van der Waals surface area contributed by atoms with Crippen molar-refractivity contribution in [3.8, 4) is 11.4 Å². The van der Waals surface area contributed by atoms with Crippen molar-refractivity contribution >= 4 is 46.2 Å². The van der Waals surface area contributed by atoms with E-state index in [0.717, 1.165) is 29.9 Å². The monoisotopic (exact) mass is 420 g/mol. The van der Waals surface area contributed by atoms with Gasteiger partial charge in [0.05, 0.1) is 11.0 Å². The molecule has 0 bridgehead atoms. The van der Waals surface area contributed by atoms with Gasteiger partial charge in [-0.05, 0) is 42.5 Å². The number of amides is 2. The molecule has 0 aliphatic rings. The van der Waals surface area contributed by atoms with Gasteiger partial charge < -0.3 is 25.8 Å². The van der Waals surface area contributed by atoms with Crippen LogP contribution in [-0.2, 0) is 19.2 Å². The molecular weight excluding hydrogens is 404 g/mol. The van der Waals surface area contributed by atoms with Crippen LogP contribution in [0, 0.1) is 0 Å². The van der Waals surface area contributed by atoms with Gasteiger partial charge in [0.1, 0.15) is 5.82 Å². The summed E-state index contributed by atoms with van der Waals surface area (Å²) in [4.78, 5) is 51.9. The normalized spacial score (nSPS) is 11.1. The molecule has 0 saturated carbocycles. The summed E-state index contributed by atoms with van der Waals surface area (Å²) in [6.07, 6.45) is 3.33. The van der Waals surface area contributed by atoms with Crippen LogP contribution in [0.15, 0.2) is 66.8 Å². The number of carbonyl (C=O) groups is 4. The van der Waals surface area contributed by atoms with Crippen LogP contribution in [0.3, 0.4) is 0 Å². The van der Waals surface area contributed by atoms with Crippen LogP contribution in [0.4, 0.5) is 11.4 Å². The van der Waals surface area contributed by atoms with Crippen molar-refractivity contribution < 1.29 is 29.4 Å². The second kappa shape index (κ2) is 9.18. The summed E-state index contributed by atoms with van der Waals surface area (Å²) in [6.45, 7) is 0. The summed E-state index contributed by atoms with van der Waals surface area (Å²) in [5, 5.41) is 22.2. The van der Waals surface area contributed by atoms with Gasteiger partial charge in [0, 0.05) is 41.2 Å². The van der Waals surface area contributed by atoms with Gasteiger partial charge in [0.25, 0.3) is 0 Å². The maximum Gasteiger partial charge on any atom is 0.328 e. The second-order valence-electron chi connectivity index (χ2n) is 6.22. The molecule has 2 aromatic carbocycles. The molecule has 10 nitrogen and oxygen atoms in total. The molecule has 0 saturated heterocycles. The number of carboxylic acids is 2. The van der Waals surface area contributed by atoms with Gasteiger partial charge in [0.2, 0.25) is 11.8 Å². The first-order valence-corrected chi connectivity index (χ1v) is 8.84. The van der Waals surface area contributed by atoms with Crippen LogP contribution < -0.4 is 10.6 Å². The molecule has 31 heavy (non-hydrogen) atoms. The molecule has 0 spiro atoms. The van der Waals surface area contributed by atoms with Crippen LogP contribution >= 0.6 is 0 Å². The zero-order valence-electron chi connectivity index (χ0n) is 15.8. The van der Waals surface area contributed by atoms with Crippen molar-refractivity contribution in [1.82, 2.24) is 9.97 Å². The summed E-state index contributed by atoms with van der Waals surface area (Å²) in [6, 6.07) is 11.8. The zero-order chi connectivity index (χ0) is 22.4. The number of aliphatic carboxylic acids is 2. The highest BCUT2D eigenvalue weighted by molar-refractivity contribution is 6.03. The largest absolute Gasteiger partial charge is 0.478 e. The van der Waals surface area contributed by atoms with Gasteiger partial charge in [-0.3, -0.25) is 9.59 Å². The zero-order valence-corrected chi connectivity index (χ0v) is 15.8. The first kappa shape index (κ1) is 21.0. The van der Waals surface area contributed by atoms with E-state index in [1.165, 1.54) is 0 Å². The number of benzene rings is 2. The van der Waals surface area contributed by atoms with Crippen molar-refractivity contribution in [2.75, 3.05) is 10.6 Å². The number of rotatable bonds is 7. The molecule has 10 heteroatoms. The first-order chi connectivity index (χ1) is 14.8. The standard InChI is InChI=1S/C21H16N4O6/c26-17(7-9-19(28)29)22-13-3-1-12(2-4-13)21-24-15-6-5-14(11-16(15)25-21)23-18(27)8-10-20(30)31/h1-11H,(H,22,26)(H,23,27)(H,24,25)(H,28,29)(H,30,31)/b9-7+,10-8+. The molecule has 5 N–H and O–H groups in total. The smallest absolute Gasteiger partial charge is 0.328 e. The predicted molar refractivity (Wildman–Crippen MR) is 112 cm³/mol. The minimum atomic E-state index is -1.22. The Morgan fingerprint density at radius 2 is 1.32 bits per heavy atom. The number of imidazole rings is 1. The lowest BCUT2D eigenvalue weighted by atomic mass is 10.2. The van der Waals surface area contributed by atoms with E-state index >= 15 is 0 Å². The second-order valence-corrected chi connectivity index (χ2v) is 6.22. The van der Waals surface area contributed by atoms with Crippen LogP contribution in [0.2, 0.25) is 0 Å². The van der Waals surface area contributed by atoms with Gasteiger partial charge in [-0.2, -0.15) is 0 Å². The van der Waals surface area contributed by atoms with Gasteiger partial charge >= 0.3 is 11.9 Å². The molecule has 0 aliphatic heterocycles. The molecule has 0 fully saturated rings. The fraction of sp³-hybridized carbons (Fsp3) is 0. The Labute approximate surface area is 174 Å². The summed E-state index contributed by atoms with van der Waals surface area (Å²) in [5.74, 6) is -3.00. The molecule has 0 aliphatic carbocycles. The van der Waals surface area contributed by atoms with E-state index in [4.69, 9.17) is 10.2 Å². The van der Waals surface area contributed by atoms with Crippen LogP contribution in [0.25, 0.3) is 22.4 Å². The maximum atomic E-state index is 11.7. The molecule has 0 radical (unpaired) electrons. The Morgan fingerprint density at radius 3 is 1.90 bits per heavy atom. The lowest BCUT2D eigenvalue weighted by Gasteiger charge is -2.03. The van der Waals surface area contributed by atoms with E-state index in [1.54, 1.807) is 42.5 Å². The molecule has 156 valence electrons. The number of carbonyl (C=O) groups excluding carboxylic acids is 2. The van der Waals surface area contributed by atoms with Gasteiger partial charge in [-0.15, -0.1) is 0 Å². The number of hydrogen-bond donors (Lipinski definition) is 5. The number of anilines is 2. The van der Waals surface area contributed by atoms with E-state index in [0.29, 0.717) is 28.2 Å². The minimum absolute atomic E-state index is 0.468. The van der Waals surface area contributed by atoms with E-state index in [9.17, 15) is 19.2 Å². The third kappa shape index (κ3) is 5.87. The summed E-state index contributed by atoms with van der Waals surface area (Å²) < 4.78 is 0. The number of nitrogens with one attached hydrogen (secondary N) is 3. The fourth-order valence-electron chi connectivity index (χ4n) is 2.60. The van der Waals surface area contributed by atoms with Crippen molar-refractivity contribution in [3.63, 3.8) is 0 Å². The molecule has 3 rings (SSSR count). The highest BCUT2D eigenvalue weighted by Gasteiger charge is 2.08. The van der Waals surface area contributed by atoms with Crippen molar-refractivity contribution in [1.29, 1.82) is 0 Å². The van der Waals surface area contributed by atoms with Crippen LogP contribution in [-0.4, -0.2) is 43.9 Å². The van der Waals surface area contributed by atoms with Crippen molar-refractivity contribution in [3.05, 3.63) is 66.8 Å². The summed E-state index contributed by atoms with van der Waals surface area (Å²) >= 11 is 0. The van der Waals surface area contributed by atoms with Gasteiger partial charge in [0.15, 0.2) is 0 Å². The highest BCUT2D eigenvalue weighted by atomic mass is 16.4. The highest BCUT2D eigenvalue weighted by Crippen LogP contribution is 2.24. The number of nitrogens with zero attached hydrogens (tertiary/aromatic N) is 1. The van der Waals surface area contributed by atoms with Gasteiger partial charge in [-0.25, -0.2) is 14.6 Å².